The Bertz CT molecular complexity index is 1390. The third kappa shape index (κ3) is 6.29. The number of carbonyl (C=O) groups excluding carboxylic acids is 1. The zero-order valence-corrected chi connectivity index (χ0v) is 21.4. The summed E-state index contributed by atoms with van der Waals surface area (Å²) in [5, 5.41) is 3.44. The van der Waals surface area contributed by atoms with Gasteiger partial charge in [0, 0.05) is 16.3 Å². The standard InChI is InChI=1S/C23H22Cl2N2O5S2/c1-16(17-6-10-21(11-7-17)33(2,29)30)26-23(28)15-27(20-5-3-4-19(25)14-20)34(31,32)22-12-8-18(24)9-13-22/h3-14,16H,15H2,1-2H3,(H,26,28)/t16-/m1/s1. The summed E-state index contributed by atoms with van der Waals surface area (Å²) in [6, 6.07) is 17.4. The number of amides is 1. The molecule has 1 amide bonds. The Balaban J connectivity index is 1.86. The van der Waals surface area contributed by atoms with Crippen LogP contribution in [0.5, 0.6) is 0 Å². The van der Waals surface area contributed by atoms with Gasteiger partial charge in [-0.15, -0.1) is 0 Å². The second-order valence-electron chi connectivity index (χ2n) is 7.58. The van der Waals surface area contributed by atoms with E-state index < -0.39 is 38.4 Å². The monoisotopic (exact) mass is 540 g/mol. The average Bonchev–Trinajstić information content (AvgIpc) is 2.77. The molecule has 0 spiro atoms. The van der Waals surface area contributed by atoms with Crippen LogP contribution in [0.1, 0.15) is 18.5 Å². The van der Waals surface area contributed by atoms with Gasteiger partial charge in [0.1, 0.15) is 6.54 Å². The predicted molar refractivity (Wildman–Crippen MR) is 134 cm³/mol. The summed E-state index contributed by atoms with van der Waals surface area (Å²) in [4.78, 5) is 13.0. The van der Waals surface area contributed by atoms with Crippen molar-refractivity contribution in [2.24, 2.45) is 0 Å². The summed E-state index contributed by atoms with van der Waals surface area (Å²) in [6.45, 7) is 1.21. The number of halogens is 2. The maximum Gasteiger partial charge on any atom is 0.264 e. The molecule has 0 fully saturated rings. The number of nitrogens with one attached hydrogen (secondary N) is 1. The summed E-state index contributed by atoms with van der Waals surface area (Å²) < 4.78 is 51.0. The van der Waals surface area contributed by atoms with Crippen molar-refractivity contribution in [2.75, 3.05) is 17.1 Å². The smallest absolute Gasteiger partial charge is 0.264 e. The molecular formula is C23H22Cl2N2O5S2. The highest BCUT2D eigenvalue weighted by atomic mass is 35.5. The first-order valence-corrected chi connectivity index (χ1v) is 14.1. The zero-order chi connectivity index (χ0) is 25.1. The summed E-state index contributed by atoms with van der Waals surface area (Å²) in [6.07, 6.45) is 1.11. The van der Waals surface area contributed by atoms with E-state index in [1.165, 1.54) is 42.5 Å². The third-order valence-corrected chi connectivity index (χ3v) is 8.37. The molecule has 0 saturated carbocycles. The molecular weight excluding hydrogens is 519 g/mol. The fraction of sp³-hybridized carbons (Fsp3) is 0.174. The Hall–Kier alpha value is -2.59. The molecule has 0 aromatic heterocycles. The van der Waals surface area contributed by atoms with E-state index in [0.717, 1.165) is 10.6 Å². The van der Waals surface area contributed by atoms with Crippen molar-refractivity contribution in [3.8, 4) is 0 Å². The largest absolute Gasteiger partial charge is 0.348 e. The molecule has 1 atom stereocenters. The molecule has 0 saturated heterocycles. The molecule has 7 nitrogen and oxygen atoms in total. The molecule has 0 aliphatic rings. The highest BCUT2D eigenvalue weighted by Gasteiger charge is 2.28. The normalized spacial score (nSPS) is 12.7. The molecule has 3 aromatic carbocycles. The second kappa shape index (κ2) is 10.4. The minimum absolute atomic E-state index is 0.0333. The number of benzene rings is 3. The lowest BCUT2D eigenvalue weighted by molar-refractivity contribution is -0.120. The van der Waals surface area contributed by atoms with Crippen molar-refractivity contribution in [1.29, 1.82) is 0 Å². The fourth-order valence-corrected chi connectivity index (χ4v) is 5.54. The van der Waals surface area contributed by atoms with E-state index in [1.54, 1.807) is 37.3 Å². The highest BCUT2D eigenvalue weighted by Crippen LogP contribution is 2.27. The lowest BCUT2D eigenvalue weighted by Gasteiger charge is -2.25. The number of carbonyl (C=O) groups is 1. The molecule has 3 aromatic rings. The summed E-state index contributed by atoms with van der Waals surface area (Å²) in [5.74, 6) is -0.558. The van der Waals surface area contributed by atoms with E-state index in [-0.39, 0.29) is 15.5 Å². The van der Waals surface area contributed by atoms with Crippen molar-refractivity contribution in [3.05, 3.63) is 88.4 Å². The van der Waals surface area contributed by atoms with Crippen LogP contribution in [-0.4, -0.2) is 35.5 Å². The molecule has 0 aliphatic carbocycles. The molecule has 0 heterocycles. The second-order valence-corrected chi connectivity index (χ2v) is 12.3. The minimum atomic E-state index is -4.12. The van der Waals surface area contributed by atoms with Crippen LogP contribution in [0.2, 0.25) is 10.0 Å². The van der Waals surface area contributed by atoms with E-state index in [1.807, 2.05) is 0 Å². The van der Waals surface area contributed by atoms with Gasteiger partial charge >= 0.3 is 0 Å². The lowest BCUT2D eigenvalue weighted by Crippen LogP contribution is -2.41. The molecule has 34 heavy (non-hydrogen) atoms. The van der Waals surface area contributed by atoms with Crippen molar-refractivity contribution in [3.63, 3.8) is 0 Å². The van der Waals surface area contributed by atoms with Gasteiger partial charge in [-0.05, 0) is 67.1 Å². The molecule has 0 radical (unpaired) electrons. The molecule has 180 valence electrons. The molecule has 3 rings (SSSR count). The maximum atomic E-state index is 13.4. The van der Waals surface area contributed by atoms with Crippen LogP contribution in [-0.2, 0) is 24.7 Å². The van der Waals surface area contributed by atoms with Crippen LogP contribution < -0.4 is 9.62 Å². The molecule has 0 unspecified atom stereocenters. The van der Waals surface area contributed by atoms with Gasteiger partial charge in [-0.3, -0.25) is 9.10 Å². The van der Waals surface area contributed by atoms with Gasteiger partial charge in [0.25, 0.3) is 10.0 Å². The average molecular weight is 541 g/mol. The van der Waals surface area contributed by atoms with Crippen LogP contribution in [0.3, 0.4) is 0 Å². The number of nitrogens with zero attached hydrogens (tertiary/aromatic N) is 1. The first kappa shape index (κ1) is 26.0. The van der Waals surface area contributed by atoms with Gasteiger partial charge in [-0.1, -0.05) is 41.4 Å². The predicted octanol–water partition coefficient (Wildman–Crippen LogP) is 4.47. The van der Waals surface area contributed by atoms with E-state index in [0.29, 0.717) is 15.6 Å². The van der Waals surface area contributed by atoms with Crippen molar-refractivity contribution < 1.29 is 21.6 Å². The molecule has 1 N–H and O–H groups in total. The van der Waals surface area contributed by atoms with Gasteiger partial charge in [-0.25, -0.2) is 16.8 Å². The van der Waals surface area contributed by atoms with E-state index in [9.17, 15) is 21.6 Å². The molecule has 11 heteroatoms. The van der Waals surface area contributed by atoms with Crippen LogP contribution in [0.15, 0.2) is 82.6 Å². The zero-order valence-electron chi connectivity index (χ0n) is 18.3. The van der Waals surface area contributed by atoms with Crippen molar-refractivity contribution in [1.82, 2.24) is 5.32 Å². The van der Waals surface area contributed by atoms with Gasteiger partial charge in [0.05, 0.1) is 21.5 Å². The van der Waals surface area contributed by atoms with Crippen molar-refractivity contribution in [2.45, 2.75) is 22.8 Å². The molecule has 0 bridgehead atoms. The first-order chi connectivity index (χ1) is 15.9. The van der Waals surface area contributed by atoms with Gasteiger partial charge < -0.3 is 5.32 Å². The SMILES string of the molecule is C[C@@H](NC(=O)CN(c1cccc(Cl)c1)S(=O)(=O)c1ccc(Cl)cc1)c1ccc(S(C)(=O)=O)cc1. The quantitative estimate of drug-likeness (QED) is 0.454. The van der Waals surface area contributed by atoms with Gasteiger partial charge in [0.15, 0.2) is 9.84 Å². The number of rotatable bonds is 8. The summed E-state index contributed by atoms with van der Waals surface area (Å²) in [5.41, 5.74) is 0.887. The van der Waals surface area contributed by atoms with Crippen LogP contribution in [0.25, 0.3) is 0 Å². The number of hydrogen-bond acceptors (Lipinski definition) is 5. The van der Waals surface area contributed by atoms with Gasteiger partial charge in [0.2, 0.25) is 5.91 Å². The first-order valence-electron chi connectivity index (χ1n) is 10.0. The number of anilines is 1. The van der Waals surface area contributed by atoms with Gasteiger partial charge in [-0.2, -0.15) is 0 Å². The van der Waals surface area contributed by atoms with Crippen molar-refractivity contribution >= 4 is 54.7 Å². The summed E-state index contributed by atoms with van der Waals surface area (Å²) in [7, 11) is -7.46. The topological polar surface area (TPSA) is 101 Å². The highest BCUT2D eigenvalue weighted by molar-refractivity contribution is 7.93. The Kier molecular flexibility index (Phi) is 7.92. The molecule has 0 aliphatic heterocycles. The number of hydrogen-bond donors (Lipinski definition) is 1. The third-order valence-electron chi connectivity index (χ3n) is 4.97. The van der Waals surface area contributed by atoms with E-state index >= 15 is 0 Å². The van der Waals surface area contributed by atoms with E-state index in [4.69, 9.17) is 23.2 Å². The summed E-state index contributed by atoms with van der Waals surface area (Å²) >= 11 is 12.0. The number of sulfone groups is 1. The Labute approximate surface area is 209 Å². The fourth-order valence-electron chi connectivity index (χ4n) is 3.18. The lowest BCUT2D eigenvalue weighted by atomic mass is 10.1. The maximum absolute atomic E-state index is 13.4. The Morgan fingerprint density at radius 3 is 2.03 bits per heavy atom. The number of sulfonamides is 1. The van der Waals surface area contributed by atoms with Crippen LogP contribution >= 0.6 is 23.2 Å². The van der Waals surface area contributed by atoms with Crippen LogP contribution in [0.4, 0.5) is 5.69 Å². The van der Waals surface area contributed by atoms with Crippen LogP contribution in [0, 0.1) is 0 Å². The Morgan fingerprint density at radius 2 is 1.47 bits per heavy atom. The Morgan fingerprint density at radius 1 is 0.882 bits per heavy atom. The van der Waals surface area contributed by atoms with E-state index in [2.05, 4.69) is 5.32 Å². The minimum Gasteiger partial charge on any atom is -0.348 e.